The summed E-state index contributed by atoms with van der Waals surface area (Å²) in [5, 5.41) is 2.91. The van der Waals surface area contributed by atoms with Gasteiger partial charge >= 0.3 is 6.18 Å². The van der Waals surface area contributed by atoms with Crippen LogP contribution in [0, 0.1) is 6.92 Å². The molecule has 1 aromatic carbocycles. The molecule has 1 rings (SSSR count). The second-order valence-corrected chi connectivity index (χ2v) is 6.48. The maximum Gasteiger partial charge on any atom is 0.389 e. The van der Waals surface area contributed by atoms with Gasteiger partial charge in [-0.05, 0) is 37.6 Å². The third-order valence-corrected chi connectivity index (χ3v) is 4.46. The van der Waals surface area contributed by atoms with Crippen molar-refractivity contribution in [3.8, 4) is 0 Å². The van der Waals surface area contributed by atoms with Gasteiger partial charge in [0.15, 0.2) is 0 Å². The van der Waals surface area contributed by atoms with Crippen LogP contribution in [0.4, 0.5) is 13.2 Å². The van der Waals surface area contributed by atoms with E-state index in [1.807, 2.05) is 0 Å². The van der Waals surface area contributed by atoms with E-state index < -0.39 is 22.6 Å². The molecule has 21 heavy (non-hydrogen) atoms. The van der Waals surface area contributed by atoms with Gasteiger partial charge in [0.1, 0.15) is 0 Å². The van der Waals surface area contributed by atoms with Gasteiger partial charge in [0.05, 0.1) is 4.90 Å². The molecule has 0 aliphatic rings. The van der Waals surface area contributed by atoms with Crippen LogP contribution in [0.2, 0.25) is 0 Å². The van der Waals surface area contributed by atoms with E-state index in [1.54, 1.807) is 26.1 Å². The average Bonchev–Trinajstić information content (AvgIpc) is 2.36. The fourth-order valence-electron chi connectivity index (χ4n) is 1.82. The molecule has 0 aliphatic heterocycles. The second kappa shape index (κ2) is 7.24. The van der Waals surface area contributed by atoms with Crippen LogP contribution in [-0.4, -0.2) is 28.2 Å². The van der Waals surface area contributed by atoms with Crippen molar-refractivity contribution in [2.45, 2.75) is 37.4 Å². The minimum absolute atomic E-state index is 0.0993. The molecular formula is C13H19F3N2O2S. The van der Waals surface area contributed by atoms with Crippen LogP contribution in [0.15, 0.2) is 23.1 Å². The zero-order chi connectivity index (χ0) is 16.1. The number of nitrogens with one attached hydrogen (secondary N) is 2. The number of sulfonamides is 1. The Labute approximate surface area is 122 Å². The normalized spacial score (nSPS) is 12.6. The Morgan fingerprint density at radius 2 is 1.90 bits per heavy atom. The van der Waals surface area contributed by atoms with Crippen molar-refractivity contribution < 1.29 is 21.6 Å². The van der Waals surface area contributed by atoms with Crippen molar-refractivity contribution >= 4 is 10.0 Å². The van der Waals surface area contributed by atoms with Crippen LogP contribution in [0.3, 0.4) is 0 Å². The number of aryl methyl sites for hydroxylation is 1. The molecule has 0 aromatic heterocycles. The summed E-state index contributed by atoms with van der Waals surface area (Å²) in [6.07, 6.45) is -5.56. The number of alkyl halides is 3. The second-order valence-electron chi connectivity index (χ2n) is 4.75. The van der Waals surface area contributed by atoms with Crippen LogP contribution in [0.25, 0.3) is 0 Å². The Kier molecular flexibility index (Phi) is 6.18. The van der Waals surface area contributed by atoms with E-state index in [2.05, 4.69) is 10.0 Å². The molecule has 120 valence electrons. The zero-order valence-corrected chi connectivity index (χ0v) is 12.7. The summed E-state index contributed by atoms with van der Waals surface area (Å²) in [4.78, 5) is 0.0993. The SMILES string of the molecule is CNCc1ccc(C)c(S(=O)(=O)NCCCC(F)(F)F)c1. The fraction of sp³-hybridized carbons (Fsp3) is 0.538. The first-order chi connectivity index (χ1) is 9.65. The van der Waals surface area contributed by atoms with Crippen LogP contribution in [-0.2, 0) is 16.6 Å². The lowest BCUT2D eigenvalue weighted by molar-refractivity contribution is -0.135. The summed E-state index contributed by atoms with van der Waals surface area (Å²) in [6, 6.07) is 5.00. The largest absolute Gasteiger partial charge is 0.389 e. The lowest BCUT2D eigenvalue weighted by Crippen LogP contribution is -2.26. The van der Waals surface area contributed by atoms with Crippen molar-refractivity contribution in [3.63, 3.8) is 0 Å². The Morgan fingerprint density at radius 1 is 1.24 bits per heavy atom. The fourth-order valence-corrected chi connectivity index (χ4v) is 3.19. The van der Waals surface area contributed by atoms with Gasteiger partial charge in [-0.2, -0.15) is 13.2 Å². The summed E-state index contributed by atoms with van der Waals surface area (Å²) in [7, 11) is -2.06. The molecule has 0 aliphatic carbocycles. The van der Waals surface area contributed by atoms with Gasteiger partial charge in [-0.1, -0.05) is 12.1 Å². The molecule has 1 aromatic rings. The maximum atomic E-state index is 12.1. The summed E-state index contributed by atoms with van der Waals surface area (Å²) in [5.74, 6) is 0. The van der Waals surface area contributed by atoms with Gasteiger partial charge < -0.3 is 5.32 Å². The predicted molar refractivity (Wildman–Crippen MR) is 74.4 cm³/mol. The lowest BCUT2D eigenvalue weighted by atomic mass is 10.1. The first-order valence-electron chi connectivity index (χ1n) is 6.46. The highest BCUT2D eigenvalue weighted by atomic mass is 32.2. The monoisotopic (exact) mass is 324 g/mol. The Morgan fingerprint density at radius 3 is 2.48 bits per heavy atom. The minimum atomic E-state index is -4.27. The van der Waals surface area contributed by atoms with Gasteiger partial charge in [-0.15, -0.1) is 0 Å². The zero-order valence-electron chi connectivity index (χ0n) is 11.9. The van der Waals surface area contributed by atoms with Crippen LogP contribution >= 0.6 is 0 Å². The summed E-state index contributed by atoms with van der Waals surface area (Å²) in [6.45, 7) is 1.92. The molecule has 8 heteroatoms. The Bertz CT molecular complexity index is 571. The molecular weight excluding hydrogens is 305 g/mol. The number of rotatable bonds is 7. The summed E-state index contributed by atoms with van der Waals surface area (Å²) < 4.78 is 62.5. The summed E-state index contributed by atoms with van der Waals surface area (Å²) in [5.41, 5.74) is 1.34. The van der Waals surface area contributed by atoms with E-state index in [4.69, 9.17) is 0 Å². The van der Waals surface area contributed by atoms with Crippen LogP contribution in [0.1, 0.15) is 24.0 Å². The van der Waals surface area contributed by atoms with E-state index in [0.717, 1.165) is 5.56 Å². The number of hydrogen-bond acceptors (Lipinski definition) is 3. The molecule has 0 fully saturated rings. The molecule has 0 saturated heterocycles. The molecule has 0 saturated carbocycles. The predicted octanol–water partition coefficient (Wildman–Crippen LogP) is 2.34. The van der Waals surface area contributed by atoms with Gasteiger partial charge in [-0.25, -0.2) is 13.1 Å². The molecule has 0 bridgehead atoms. The average molecular weight is 324 g/mol. The molecule has 0 amide bonds. The maximum absolute atomic E-state index is 12.1. The first-order valence-corrected chi connectivity index (χ1v) is 7.94. The van der Waals surface area contributed by atoms with Crippen molar-refractivity contribution in [1.29, 1.82) is 0 Å². The minimum Gasteiger partial charge on any atom is -0.316 e. The molecule has 0 atom stereocenters. The highest BCUT2D eigenvalue weighted by molar-refractivity contribution is 7.89. The van der Waals surface area contributed by atoms with Crippen molar-refractivity contribution in [3.05, 3.63) is 29.3 Å². The quantitative estimate of drug-likeness (QED) is 0.757. The smallest absolute Gasteiger partial charge is 0.316 e. The molecule has 4 nitrogen and oxygen atoms in total. The third-order valence-electron chi connectivity index (χ3n) is 2.85. The number of halogens is 3. The molecule has 0 radical (unpaired) electrons. The van der Waals surface area contributed by atoms with Crippen LogP contribution < -0.4 is 10.0 Å². The van der Waals surface area contributed by atoms with Crippen molar-refractivity contribution in [1.82, 2.24) is 10.0 Å². The van der Waals surface area contributed by atoms with Gasteiger partial charge in [-0.3, -0.25) is 0 Å². The number of hydrogen-bond donors (Lipinski definition) is 2. The Balaban J connectivity index is 2.76. The first kappa shape index (κ1) is 17.9. The highest BCUT2D eigenvalue weighted by Gasteiger charge is 2.26. The van der Waals surface area contributed by atoms with Crippen LogP contribution in [0.5, 0.6) is 0 Å². The standard InChI is InChI=1S/C13H19F3N2O2S/c1-10-4-5-11(9-17-2)8-12(10)21(19,20)18-7-3-6-13(14,15)16/h4-5,8,17-18H,3,6-7,9H2,1-2H3. The third kappa shape index (κ3) is 6.03. The van der Waals surface area contributed by atoms with E-state index in [-0.39, 0.29) is 17.9 Å². The van der Waals surface area contributed by atoms with E-state index in [9.17, 15) is 21.6 Å². The van der Waals surface area contributed by atoms with E-state index >= 15 is 0 Å². The van der Waals surface area contributed by atoms with Gasteiger partial charge in [0, 0.05) is 19.5 Å². The van der Waals surface area contributed by atoms with Crippen molar-refractivity contribution in [2.24, 2.45) is 0 Å². The van der Waals surface area contributed by atoms with E-state index in [0.29, 0.717) is 12.1 Å². The van der Waals surface area contributed by atoms with E-state index in [1.165, 1.54) is 6.07 Å². The topological polar surface area (TPSA) is 58.2 Å². The van der Waals surface area contributed by atoms with Gasteiger partial charge in [0.25, 0.3) is 0 Å². The molecule has 0 heterocycles. The van der Waals surface area contributed by atoms with Gasteiger partial charge in [0.2, 0.25) is 10.0 Å². The summed E-state index contributed by atoms with van der Waals surface area (Å²) >= 11 is 0. The molecule has 0 spiro atoms. The highest BCUT2D eigenvalue weighted by Crippen LogP contribution is 2.21. The Hall–Kier alpha value is -1.12. The number of benzene rings is 1. The molecule has 2 N–H and O–H groups in total. The molecule has 0 unspecified atom stereocenters. The van der Waals surface area contributed by atoms with Crippen molar-refractivity contribution in [2.75, 3.05) is 13.6 Å². The lowest BCUT2D eigenvalue weighted by Gasteiger charge is -2.12.